The van der Waals surface area contributed by atoms with Crippen LogP contribution in [0.3, 0.4) is 0 Å². The Bertz CT molecular complexity index is 960. The van der Waals surface area contributed by atoms with E-state index < -0.39 is 17.2 Å². The fourth-order valence-electron chi connectivity index (χ4n) is 4.92. The Morgan fingerprint density at radius 3 is 2.69 bits per heavy atom. The van der Waals surface area contributed by atoms with Crippen molar-refractivity contribution >= 4 is 17.3 Å². The van der Waals surface area contributed by atoms with Crippen molar-refractivity contribution in [1.29, 1.82) is 0 Å². The maximum atomic E-state index is 13.9. The van der Waals surface area contributed by atoms with Gasteiger partial charge < -0.3 is 10.6 Å². The molecule has 0 aliphatic carbocycles. The van der Waals surface area contributed by atoms with E-state index in [9.17, 15) is 13.6 Å². The number of hydrogen-bond donors (Lipinski definition) is 3. The lowest BCUT2D eigenvalue weighted by Crippen LogP contribution is -2.65. The number of anilines is 2. The van der Waals surface area contributed by atoms with Crippen LogP contribution < -0.4 is 16.0 Å². The SMILES string of the molecule is Cc1ccc2c(c1)[C@]1(N[C@@H](C)CC3c4cc(F)c(F)cc4NC31)C(=O)N2. The van der Waals surface area contributed by atoms with Gasteiger partial charge in [-0.25, -0.2) is 8.78 Å². The Kier molecular flexibility index (Phi) is 3.05. The zero-order valence-electron chi connectivity index (χ0n) is 14.5. The van der Waals surface area contributed by atoms with Gasteiger partial charge in [-0.05, 0) is 38.0 Å². The highest BCUT2D eigenvalue weighted by Crippen LogP contribution is 2.52. The van der Waals surface area contributed by atoms with Crippen LogP contribution >= 0.6 is 0 Å². The Labute approximate surface area is 150 Å². The van der Waals surface area contributed by atoms with Crippen LogP contribution in [-0.4, -0.2) is 18.0 Å². The van der Waals surface area contributed by atoms with Crippen LogP contribution in [0.25, 0.3) is 0 Å². The van der Waals surface area contributed by atoms with E-state index >= 15 is 0 Å². The van der Waals surface area contributed by atoms with Crippen LogP contribution in [0.4, 0.5) is 20.2 Å². The minimum absolute atomic E-state index is 0.0503. The van der Waals surface area contributed by atoms with Crippen molar-refractivity contribution in [3.63, 3.8) is 0 Å². The van der Waals surface area contributed by atoms with Gasteiger partial charge in [0.25, 0.3) is 5.91 Å². The largest absolute Gasteiger partial charge is 0.379 e. The van der Waals surface area contributed by atoms with Crippen molar-refractivity contribution < 1.29 is 13.6 Å². The van der Waals surface area contributed by atoms with E-state index in [1.807, 2.05) is 32.0 Å². The molecule has 1 amide bonds. The molecule has 2 aromatic carbocycles. The molecule has 4 atom stereocenters. The van der Waals surface area contributed by atoms with E-state index in [0.717, 1.165) is 28.8 Å². The van der Waals surface area contributed by atoms with Gasteiger partial charge in [-0.15, -0.1) is 0 Å². The monoisotopic (exact) mass is 355 g/mol. The molecule has 26 heavy (non-hydrogen) atoms. The maximum absolute atomic E-state index is 13.9. The van der Waals surface area contributed by atoms with E-state index in [0.29, 0.717) is 5.69 Å². The second-order valence-corrected chi connectivity index (χ2v) is 7.67. The summed E-state index contributed by atoms with van der Waals surface area (Å²) in [6.45, 7) is 4.01. The molecule has 5 rings (SSSR count). The lowest BCUT2D eigenvalue weighted by Gasteiger charge is -2.45. The van der Waals surface area contributed by atoms with Gasteiger partial charge in [0, 0.05) is 35.0 Å². The zero-order valence-corrected chi connectivity index (χ0v) is 14.5. The van der Waals surface area contributed by atoms with Crippen molar-refractivity contribution in [3.8, 4) is 0 Å². The molecule has 1 saturated heterocycles. The molecule has 0 radical (unpaired) electrons. The highest BCUT2D eigenvalue weighted by molar-refractivity contribution is 6.07. The quantitative estimate of drug-likeness (QED) is 0.679. The molecule has 3 aliphatic rings. The van der Waals surface area contributed by atoms with E-state index in [1.54, 1.807) is 0 Å². The molecule has 3 heterocycles. The first-order chi connectivity index (χ1) is 12.4. The van der Waals surface area contributed by atoms with Gasteiger partial charge in [0.05, 0.1) is 6.04 Å². The molecule has 4 nitrogen and oxygen atoms in total. The van der Waals surface area contributed by atoms with Crippen molar-refractivity contribution in [2.24, 2.45) is 0 Å². The first kappa shape index (κ1) is 15.8. The molecule has 6 heteroatoms. The van der Waals surface area contributed by atoms with Gasteiger partial charge in [-0.1, -0.05) is 17.7 Å². The van der Waals surface area contributed by atoms with Crippen LogP contribution in [0.5, 0.6) is 0 Å². The molecule has 3 N–H and O–H groups in total. The molecule has 0 bridgehead atoms. The van der Waals surface area contributed by atoms with E-state index in [2.05, 4.69) is 16.0 Å². The van der Waals surface area contributed by atoms with Gasteiger partial charge in [-0.2, -0.15) is 0 Å². The highest BCUT2D eigenvalue weighted by atomic mass is 19.2. The Morgan fingerprint density at radius 1 is 1.12 bits per heavy atom. The Morgan fingerprint density at radius 2 is 1.88 bits per heavy atom. The summed E-state index contributed by atoms with van der Waals surface area (Å²) in [6, 6.07) is 8.11. The number of piperidine rings is 1. The molecule has 0 aromatic heterocycles. The minimum atomic E-state index is -0.963. The predicted molar refractivity (Wildman–Crippen MR) is 95.2 cm³/mol. The summed E-state index contributed by atoms with van der Waals surface area (Å²) in [7, 11) is 0. The van der Waals surface area contributed by atoms with E-state index in [1.165, 1.54) is 12.1 Å². The molecule has 0 saturated carbocycles. The number of halogens is 2. The normalized spacial score (nSPS) is 31.2. The fraction of sp³-hybridized carbons (Fsp3) is 0.350. The van der Waals surface area contributed by atoms with Crippen molar-refractivity contribution in [2.45, 2.75) is 43.8 Å². The summed E-state index contributed by atoms with van der Waals surface area (Å²) in [5.41, 5.74) is 3.10. The van der Waals surface area contributed by atoms with E-state index in [4.69, 9.17) is 0 Å². The molecule has 1 spiro atoms. The van der Waals surface area contributed by atoms with Gasteiger partial charge >= 0.3 is 0 Å². The van der Waals surface area contributed by atoms with Gasteiger partial charge in [-0.3, -0.25) is 10.1 Å². The molecular weight excluding hydrogens is 336 g/mol. The van der Waals surface area contributed by atoms with Gasteiger partial charge in [0.2, 0.25) is 0 Å². The molecule has 3 aliphatic heterocycles. The molecule has 134 valence electrons. The van der Waals surface area contributed by atoms with Crippen LogP contribution in [0.1, 0.15) is 36.0 Å². The van der Waals surface area contributed by atoms with Crippen LogP contribution in [-0.2, 0) is 10.3 Å². The van der Waals surface area contributed by atoms with E-state index in [-0.39, 0.29) is 23.9 Å². The number of fused-ring (bicyclic) bond motifs is 6. The number of hydrogen-bond acceptors (Lipinski definition) is 3. The number of rotatable bonds is 0. The number of benzene rings is 2. The van der Waals surface area contributed by atoms with Crippen LogP contribution in [0.15, 0.2) is 30.3 Å². The summed E-state index contributed by atoms with van der Waals surface area (Å²) < 4.78 is 27.6. The average molecular weight is 355 g/mol. The smallest absolute Gasteiger partial charge is 0.251 e. The summed E-state index contributed by atoms with van der Waals surface area (Å²) in [6.07, 6.45) is 0.742. The topological polar surface area (TPSA) is 53.2 Å². The first-order valence-electron chi connectivity index (χ1n) is 8.86. The summed E-state index contributed by atoms with van der Waals surface area (Å²) in [5.74, 6) is -1.93. The van der Waals surface area contributed by atoms with Gasteiger partial charge in [0.15, 0.2) is 11.6 Å². The third-order valence-electron chi connectivity index (χ3n) is 5.96. The Hall–Kier alpha value is -2.47. The molecular formula is C20H19F2N3O. The molecule has 2 aromatic rings. The number of aryl methyl sites for hydroxylation is 1. The second-order valence-electron chi connectivity index (χ2n) is 7.67. The lowest BCUT2D eigenvalue weighted by molar-refractivity contribution is -0.124. The molecule has 2 unspecified atom stereocenters. The first-order valence-corrected chi connectivity index (χ1v) is 8.86. The second kappa shape index (κ2) is 5.04. The Balaban J connectivity index is 1.71. The lowest BCUT2D eigenvalue weighted by atomic mass is 9.71. The predicted octanol–water partition coefficient (Wildman–Crippen LogP) is 3.38. The molecule has 1 fully saturated rings. The van der Waals surface area contributed by atoms with Crippen molar-refractivity contribution in [1.82, 2.24) is 5.32 Å². The summed E-state index contributed by atoms with van der Waals surface area (Å²) in [4.78, 5) is 13.1. The van der Waals surface area contributed by atoms with Crippen LogP contribution in [0, 0.1) is 18.6 Å². The highest BCUT2D eigenvalue weighted by Gasteiger charge is 2.60. The fourth-order valence-corrected chi connectivity index (χ4v) is 4.92. The standard InChI is InChI=1S/C20H19F2N3O/c1-9-3-4-16-13(5-9)20(19(26)24-16)18-12(6-10(2)25-20)11-7-14(21)15(22)8-17(11)23-18/h3-5,7-8,10,12,18,23,25H,6H2,1-2H3,(H,24,26)/t10-,12?,18?,20+/m0/s1. The number of carbonyl (C=O) groups excluding carboxylic acids is 1. The third kappa shape index (κ3) is 1.88. The van der Waals surface area contributed by atoms with Crippen LogP contribution in [0.2, 0.25) is 0 Å². The third-order valence-corrected chi connectivity index (χ3v) is 5.96. The van der Waals surface area contributed by atoms with Crippen molar-refractivity contribution in [3.05, 3.63) is 58.7 Å². The summed E-state index contributed by atoms with van der Waals surface area (Å²) in [5, 5.41) is 9.80. The summed E-state index contributed by atoms with van der Waals surface area (Å²) >= 11 is 0. The number of carbonyl (C=O) groups is 1. The average Bonchev–Trinajstić information content (AvgIpc) is 3.06. The minimum Gasteiger partial charge on any atom is -0.379 e. The van der Waals surface area contributed by atoms with Gasteiger partial charge in [0.1, 0.15) is 5.54 Å². The number of amides is 1. The zero-order chi connectivity index (χ0) is 18.2. The number of nitrogens with one attached hydrogen (secondary N) is 3. The maximum Gasteiger partial charge on any atom is 0.251 e. The van der Waals surface area contributed by atoms with Crippen molar-refractivity contribution in [2.75, 3.05) is 10.6 Å².